The minimum absolute atomic E-state index is 0.437. The molecule has 5 heteroatoms. The van der Waals surface area contributed by atoms with Crippen molar-refractivity contribution >= 4 is 12.1 Å². The second kappa shape index (κ2) is 4.99. The summed E-state index contributed by atoms with van der Waals surface area (Å²) < 4.78 is 8.87. The molecule has 0 fully saturated rings. The molecule has 1 atom stereocenters. The molecule has 80 valence electrons. The molecule has 5 nitrogen and oxygen atoms in total. The van der Waals surface area contributed by atoms with Gasteiger partial charge < -0.3 is 14.6 Å². The number of ether oxygens (including phenoxy) is 2. The summed E-state index contributed by atoms with van der Waals surface area (Å²) in [5, 5.41) is 8.46. The van der Waals surface area contributed by atoms with Crippen molar-refractivity contribution in [2.45, 2.75) is 6.10 Å². The van der Waals surface area contributed by atoms with E-state index in [-0.39, 0.29) is 0 Å². The van der Waals surface area contributed by atoms with Gasteiger partial charge in [0.15, 0.2) is 0 Å². The van der Waals surface area contributed by atoms with Crippen LogP contribution < -0.4 is 0 Å². The third-order valence-corrected chi connectivity index (χ3v) is 1.74. The van der Waals surface area contributed by atoms with E-state index < -0.39 is 18.2 Å². The highest BCUT2D eigenvalue weighted by atomic mass is 16.7. The van der Waals surface area contributed by atoms with Gasteiger partial charge in [-0.1, -0.05) is 30.3 Å². The van der Waals surface area contributed by atoms with Gasteiger partial charge in [0.05, 0.1) is 7.11 Å². The fourth-order valence-electron chi connectivity index (χ4n) is 1.09. The van der Waals surface area contributed by atoms with E-state index in [4.69, 9.17) is 5.11 Å². The van der Waals surface area contributed by atoms with Crippen molar-refractivity contribution < 1.29 is 24.2 Å². The molecule has 15 heavy (non-hydrogen) atoms. The van der Waals surface area contributed by atoms with Crippen molar-refractivity contribution in [3.8, 4) is 0 Å². The van der Waals surface area contributed by atoms with Gasteiger partial charge in [-0.05, 0) is 0 Å². The Balaban J connectivity index is 2.91. The van der Waals surface area contributed by atoms with E-state index in [0.29, 0.717) is 5.56 Å². The average molecular weight is 210 g/mol. The Morgan fingerprint density at radius 1 is 1.27 bits per heavy atom. The Labute approximate surface area is 86.2 Å². The van der Waals surface area contributed by atoms with Crippen LogP contribution in [-0.4, -0.2) is 24.3 Å². The standard InChI is InChI=1S/C10H10O5/c1-14-9(11)8(15-10(12)13)7-5-3-2-4-6-7/h2-6,8H,1H3,(H,12,13). The normalized spacial score (nSPS) is 11.5. The van der Waals surface area contributed by atoms with Crippen LogP contribution in [-0.2, 0) is 14.3 Å². The number of hydrogen-bond donors (Lipinski definition) is 1. The first-order chi connectivity index (χ1) is 7.15. The highest BCUT2D eigenvalue weighted by Crippen LogP contribution is 2.18. The van der Waals surface area contributed by atoms with Crippen molar-refractivity contribution in [1.82, 2.24) is 0 Å². The summed E-state index contributed by atoms with van der Waals surface area (Å²) in [7, 11) is 1.17. The number of methoxy groups -OCH3 is 1. The van der Waals surface area contributed by atoms with E-state index in [0.717, 1.165) is 0 Å². The highest BCUT2D eigenvalue weighted by molar-refractivity contribution is 5.78. The maximum atomic E-state index is 11.2. The quantitative estimate of drug-likeness (QED) is 0.767. The van der Waals surface area contributed by atoms with E-state index in [1.807, 2.05) is 0 Å². The lowest BCUT2D eigenvalue weighted by Gasteiger charge is -2.13. The molecule has 0 heterocycles. The summed E-state index contributed by atoms with van der Waals surface area (Å²) in [5.74, 6) is -0.747. The van der Waals surface area contributed by atoms with Gasteiger partial charge in [-0.3, -0.25) is 0 Å². The molecule has 0 aliphatic heterocycles. The predicted octanol–water partition coefficient (Wildman–Crippen LogP) is 1.60. The molecule has 0 saturated carbocycles. The fourth-order valence-corrected chi connectivity index (χ4v) is 1.09. The summed E-state index contributed by atoms with van der Waals surface area (Å²) in [4.78, 5) is 21.6. The van der Waals surface area contributed by atoms with Crippen molar-refractivity contribution in [3.63, 3.8) is 0 Å². The lowest BCUT2D eigenvalue weighted by Crippen LogP contribution is -2.20. The van der Waals surface area contributed by atoms with Crippen LogP contribution in [0.5, 0.6) is 0 Å². The fraction of sp³-hybridized carbons (Fsp3) is 0.200. The van der Waals surface area contributed by atoms with Gasteiger partial charge in [-0.2, -0.15) is 0 Å². The number of carbonyl (C=O) groups is 2. The monoisotopic (exact) mass is 210 g/mol. The first-order valence-electron chi connectivity index (χ1n) is 4.17. The van der Waals surface area contributed by atoms with Crippen LogP contribution in [0.3, 0.4) is 0 Å². The van der Waals surface area contributed by atoms with Crippen molar-refractivity contribution in [2.75, 3.05) is 7.11 Å². The zero-order valence-corrected chi connectivity index (χ0v) is 8.04. The topological polar surface area (TPSA) is 72.8 Å². The molecule has 1 rings (SSSR count). The van der Waals surface area contributed by atoms with Gasteiger partial charge in [0.25, 0.3) is 0 Å². The van der Waals surface area contributed by atoms with E-state index in [1.165, 1.54) is 7.11 Å². The maximum absolute atomic E-state index is 11.2. The molecule has 1 unspecified atom stereocenters. The molecule has 1 aromatic carbocycles. The smallest absolute Gasteiger partial charge is 0.466 e. The van der Waals surface area contributed by atoms with Gasteiger partial charge in [0, 0.05) is 5.56 Å². The Morgan fingerprint density at radius 2 is 1.87 bits per heavy atom. The number of carbonyl (C=O) groups excluding carboxylic acids is 1. The molecular formula is C10H10O5. The molecule has 0 saturated heterocycles. The zero-order valence-electron chi connectivity index (χ0n) is 8.04. The van der Waals surface area contributed by atoms with Gasteiger partial charge in [0.2, 0.25) is 6.10 Å². The molecule has 0 aliphatic carbocycles. The lowest BCUT2D eigenvalue weighted by atomic mass is 10.1. The first-order valence-corrected chi connectivity index (χ1v) is 4.17. The first kappa shape index (κ1) is 11.0. The Bertz CT molecular complexity index is 346. The van der Waals surface area contributed by atoms with Crippen LogP contribution in [0, 0.1) is 0 Å². The van der Waals surface area contributed by atoms with E-state index in [1.54, 1.807) is 30.3 Å². The second-order valence-corrected chi connectivity index (χ2v) is 2.70. The molecular weight excluding hydrogens is 200 g/mol. The largest absolute Gasteiger partial charge is 0.506 e. The van der Waals surface area contributed by atoms with Crippen LogP contribution in [0.4, 0.5) is 4.79 Å². The summed E-state index contributed by atoms with van der Waals surface area (Å²) in [6.07, 6.45) is -2.75. The van der Waals surface area contributed by atoms with Gasteiger partial charge in [-0.15, -0.1) is 0 Å². The zero-order chi connectivity index (χ0) is 11.3. The van der Waals surface area contributed by atoms with Crippen molar-refractivity contribution in [3.05, 3.63) is 35.9 Å². The predicted molar refractivity (Wildman–Crippen MR) is 50.3 cm³/mol. The molecule has 0 bridgehead atoms. The molecule has 1 aromatic rings. The minimum Gasteiger partial charge on any atom is -0.466 e. The molecule has 0 radical (unpaired) electrons. The third-order valence-electron chi connectivity index (χ3n) is 1.74. The lowest BCUT2D eigenvalue weighted by molar-refractivity contribution is -0.152. The summed E-state index contributed by atoms with van der Waals surface area (Å²) in [6.45, 7) is 0. The number of carboxylic acid groups (broad SMARTS) is 1. The second-order valence-electron chi connectivity index (χ2n) is 2.70. The van der Waals surface area contributed by atoms with Crippen molar-refractivity contribution in [1.29, 1.82) is 0 Å². The van der Waals surface area contributed by atoms with Crippen LogP contribution in [0.15, 0.2) is 30.3 Å². The van der Waals surface area contributed by atoms with Crippen LogP contribution in [0.2, 0.25) is 0 Å². The maximum Gasteiger partial charge on any atom is 0.506 e. The molecule has 0 spiro atoms. The number of hydrogen-bond acceptors (Lipinski definition) is 4. The molecule has 1 N–H and O–H groups in total. The van der Waals surface area contributed by atoms with Gasteiger partial charge in [-0.25, -0.2) is 9.59 Å². The van der Waals surface area contributed by atoms with E-state index in [9.17, 15) is 9.59 Å². The van der Waals surface area contributed by atoms with Crippen LogP contribution >= 0.6 is 0 Å². The Hall–Kier alpha value is -2.04. The molecule has 0 aromatic heterocycles. The average Bonchev–Trinajstić information content (AvgIpc) is 2.26. The molecule has 0 amide bonds. The van der Waals surface area contributed by atoms with E-state index >= 15 is 0 Å². The number of rotatable bonds is 3. The summed E-state index contributed by atoms with van der Waals surface area (Å²) in [5.41, 5.74) is 0.437. The highest BCUT2D eigenvalue weighted by Gasteiger charge is 2.25. The summed E-state index contributed by atoms with van der Waals surface area (Å²) in [6, 6.07) is 8.28. The number of esters is 1. The van der Waals surface area contributed by atoms with Crippen LogP contribution in [0.25, 0.3) is 0 Å². The van der Waals surface area contributed by atoms with Gasteiger partial charge in [0.1, 0.15) is 0 Å². The van der Waals surface area contributed by atoms with Gasteiger partial charge >= 0.3 is 12.1 Å². The van der Waals surface area contributed by atoms with Crippen molar-refractivity contribution in [2.24, 2.45) is 0 Å². The third kappa shape index (κ3) is 2.98. The minimum atomic E-state index is -1.52. The number of benzene rings is 1. The SMILES string of the molecule is COC(=O)C(OC(=O)O)c1ccccc1. The molecule has 0 aliphatic rings. The Morgan fingerprint density at radius 3 is 2.33 bits per heavy atom. The summed E-state index contributed by atoms with van der Waals surface area (Å²) >= 11 is 0. The van der Waals surface area contributed by atoms with Crippen LogP contribution in [0.1, 0.15) is 11.7 Å². The Kier molecular flexibility index (Phi) is 3.68. The van der Waals surface area contributed by atoms with E-state index in [2.05, 4.69) is 9.47 Å².